The van der Waals surface area contributed by atoms with Crippen molar-refractivity contribution < 1.29 is 13.9 Å². The number of anilines is 1. The van der Waals surface area contributed by atoms with Gasteiger partial charge in [0.1, 0.15) is 16.3 Å². The van der Waals surface area contributed by atoms with E-state index in [2.05, 4.69) is 10.3 Å². The lowest BCUT2D eigenvalue weighted by Gasteiger charge is -2.14. The van der Waals surface area contributed by atoms with Gasteiger partial charge in [-0.3, -0.25) is 4.90 Å². The average molecular weight is 458 g/mol. The third-order valence-electron chi connectivity index (χ3n) is 4.99. The molecule has 1 fully saturated rings. The second kappa shape index (κ2) is 9.80. The molecule has 1 saturated heterocycles. The van der Waals surface area contributed by atoms with E-state index in [4.69, 9.17) is 4.74 Å². The number of carbonyl (C=O) groups excluding carboxylic acids is 1. The number of carbonyl (C=O) groups is 1. The summed E-state index contributed by atoms with van der Waals surface area (Å²) in [5.74, 6) is 0.459. The van der Waals surface area contributed by atoms with Crippen LogP contribution in [0.2, 0.25) is 0 Å². The number of thiazole rings is 1. The maximum atomic E-state index is 14.9. The van der Waals surface area contributed by atoms with Gasteiger partial charge < -0.3 is 10.1 Å². The fourth-order valence-corrected chi connectivity index (χ4v) is 5.18. The van der Waals surface area contributed by atoms with Gasteiger partial charge in [0, 0.05) is 28.9 Å². The van der Waals surface area contributed by atoms with Gasteiger partial charge in [0.2, 0.25) is 0 Å². The maximum absolute atomic E-state index is 14.9. The van der Waals surface area contributed by atoms with E-state index in [1.54, 1.807) is 35.2 Å². The van der Waals surface area contributed by atoms with Gasteiger partial charge in [-0.2, -0.15) is 0 Å². The van der Waals surface area contributed by atoms with Crippen LogP contribution in [-0.2, 0) is 10.5 Å². The molecule has 8 heteroatoms. The highest BCUT2D eigenvalue weighted by molar-refractivity contribution is 8.00. The number of thioether (sulfide) groups is 1. The summed E-state index contributed by atoms with van der Waals surface area (Å²) in [7, 11) is 0. The van der Waals surface area contributed by atoms with Crippen LogP contribution in [0.3, 0.4) is 0 Å². The molecule has 1 aliphatic rings. The number of likely N-dealkylation sites (N-methyl/N-ethyl adjacent to an activating group) is 1. The molecule has 4 rings (SSSR count). The number of ether oxygens (including phenoxy) is 1. The molecule has 3 aromatic rings. The summed E-state index contributed by atoms with van der Waals surface area (Å²) in [5, 5.41) is 5.21. The number of hydrogen-bond acceptors (Lipinski definition) is 6. The Balaban J connectivity index is 1.42. The van der Waals surface area contributed by atoms with Crippen LogP contribution in [0.4, 0.5) is 14.9 Å². The quantitative estimate of drug-likeness (QED) is 0.454. The molecule has 0 radical (unpaired) electrons. The molecule has 0 saturated carbocycles. The Morgan fingerprint density at radius 3 is 2.77 bits per heavy atom. The largest absolute Gasteiger partial charge is 0.443 e. The standard InChI is InChI=1S/C23H24FN3O2S2/c1-3-25-11-19-12-27(23(28)29-19)18-8-9-20(21(24)10-18)17-6-4-16(5-7-17)14-31-22-26-15(2)13-30-22/h4-10,13,19,25H,3,11-12,14H2,1-2H3/t19-/m0/s1. The molecule has 2 aromatic carbocycles. The van der Waals surface area contributed by atoms with Gasteiger partial charge in [-0.25, -0.2) is 14.2 Å². The summed E-state index contributed by atoms with van der Waals surface area (Å²) in [6.07, 6.45) is -0.666. The van der Waals surface area contributed by atoms with E-state index in [1.807, 2.05) is 43.5 Å². The van der Waals surface area contributed by atoms with Crippen molar-refractivity contribution >= 4 is 34.9 Å². The number of hydrogen-bond donors (Lipinski definition) is 1. The smallest absolute Gasteiger partial charge is 0.414 e. The van der Waals surface area contributed by atoms with E-state index in [0.29, 0.717) is 24.3 Å². The maximum Gasteiger partial charge on any atom is 0.414 e. The Bertz CT molecular complexity index is 1060. The van der Waals surface area contributed by atoms with Gasteiger partial charge in [0.05, 0.1) is 12.2 Å². The normalized spacial score (nSPS) is 16.0. The summed E-state index contributed by atoms with van der Waals surface area (Å²) in [6.45, 7) is 5.79. The first-order valence-corrected chi connectivity index (χ1v) is 12.0. The van der Waals surface area contributed by atoms with Crippen LogP contribution in [0.1, 0.15) is 18.2 Å². The van der Waals surface area contributed by atoms with Crippen molar-refractivity contribution in [2.75, 3.05) is 24.5 Å². The fraction of sp³-hybridized carbons (Fsp3) is 0.304. The number of aryl methyl sites for hydroxylation is 1. The van der Waals surface area contributed by atoms with E-state index in [1.165, 1.54) is 11.0 Å². The fourth-order valence-electron chi connectivity index (χ4n) is 3.37. The Hall–Kier alpha value is -2.42. The van der Waals surface area contributed by atoms with Crippen LogP contribution in [-0.4, -0.2) is 36.8 Å². The molecule has 0 spiro atoms. The highest BCUT2D eigenvalue weighted by Crippen LogP contribution is 2.31. The second-order valence-electron chi connectivity index (χ2n) is 7.33. The number of nitrogens with one attached hydrogen (secondary N) is 1. The van der Waals surface area contributed by atoms with E-state index in [9.17, 15) is 9.18 Å². The van der Waals surface area contributed by atoms with Crippen molar-refractivity contribution in [3.05, 3.63) is 64.9 Å². The van der Waals surface area contributed by atoms with Crippen LogP contribution >= 0.6 is 23.1 Å². The number of aromatic nitrogens is 1. The molecular weight excluding hydrogens is 433 g/mol. The Morgan fingerprint density at radius 2 is 2.10 bits per heavy atom. The Labute approximate surface area is 189 Å². The lowest BCUT2D eigenvalue weighted by atomic mass is 10.0. The summed E-state index contributed by atoms with van der Waals surface area (Å²) >= 11 is 3.35. The first-order chi connectivity index (χ1) is 15.0. The van der Waals surface area contributed by atoms with Gasteiger partial charge in [-0.15, -0.1) is 11.3 Å². The van der Waals surface area contributed by atoms with Gasteiger partial charge in [-0.05, 0) is 42.8 Å². The summed E-state index contributed by atoms with van der Waals surface area (Å²) < 4.78 is 21.3. The number of amides is 1. The van der Waals surface area contributed by atoms with Crippen molar-refractivity contribution in [1.29, 1.82) is 0 Å². The molecule has 1 atom stereocenters. The first kappa shape index (κ1) is 21.8. The van der Waals surface area contributed by atoms with E-state index in [-0.39, 0.29) is 11.9 Å². The Kier molecular flexibility index (Phi) is 6.89. The van der Waals surface area contributed by atoms with Crippen LogP contribution in [0, 0.1) is 12.7 Å². The topological polar surface area (TPSA) is 54.5 Å². The molecule has 162 valence electrons. The zero-order valence-electron chi connectivity index (χ0n) is 17.4. The van der Waals surface area contributed by atoms with Crippen molar-refractivity contribution in [3.8, 4) is 11.1 Å². The minimum Gasteiger partial charge on any atom is -0.443 e. The lowest BCUT2D eigenvalue weighted by Crippen LogP contribution is -2.30. The molecule has 2 heterocycles. The van der Waals surface area contributed by atoms with Crippen LogP contribution in [0.15, 0.2) is 52.2 Å². The number of halogens is 1. The van der Waals surface area contributed by atoms with Gasteiger partial charge in [0.15, 0.2) is 0 Å². The SMILES string of the molecule is CCNC[C@H]1CN(c2ccc(-c3ccc(CSc4nc(C)cs4)cc3)c(F)c2)C(=O)O1. The van der Waals surface area contributed by atoms with Crippen molar-refractivity contribution in [2.24, 2.45) is 0 Å². The van der Waals surface area contributed by atoms with E-state index >= 15 is 0 Å². The summed E-state index contributed by atoms with van der Waals surface area (Å²) in [5.41, 5.74) is 4.02. The van der Waals surface area contributed by atoms with Gasteiger partial charge in [-0.1, -0.05) is 43.0 Å². The monoisotopic (exact) mass is 457 g/mol. The second-order valence-corrected chi connectivity index (χ2v) is 9.41. The number of nitrogens with zero attached hydrogens (tertiary/aromatic N) is 2. The van der Waals surface area contributed by atoms with Crippen molar-refractivity contribution in [1.82, 2.24) is 10.3 Å². The molecule has 1 amide bonds. The van der Waals surface area contributed by atoms with Crippen LogP contribution in [0.25, 0.3) is 11.1 Å². The van der Waals surface area contributed by atoms with Crippen LogP contribution < -0.4 is 10.2 Å². The highest BCUT2D eigenvalue weighted by Gasteiger charge is 2.32. The minimum absolute atomic E-state index is 0.228. The third kappa shape index (κ3) is 5.26. The lowest BCUT2D eigenvalue weighted by molar-refractivity contribution is 0.140. The van der Waals surface area contributed by atoms with Crippen molar-refractivity contribution in [2.45, 2.75) is 30.0 Å². The van der Waals surface area contributed by atoms with E-state index < -0.39 is 6.09 Å². The number of benzene rings is 2. The summed E-state index contributed by atoms with van der Waals surface area (Å²) in [4.78, 5) is 18.1. The van der Waals surface area contributed by atoms with Gasteiger partial charge >= 0.3 is 6.09 Å². The number of rotatable bonds is 8. The minimum atomic E-state index is -0.438. The molecule has 31 heavy (non-hydrogen) atoms. The van der Waals surface area contributed by atoms with Crippen LogP contribution in [0.5, 0.6) is 0 Å². The molecule has 5 nitrogen and oxygen atoms in total. The molecule has 1 N–H and O–H groups in total. The Morgan fingerprint density at radius 1 is 1.29 bits per heavy atom. The van der Waals surface area contributed by atoms with Gasteiger partial charge in [0.25, 0.3) is 0 Å². The molecule has 0 unspecified atom stereocenters. The molecule has 0 aliphatic carbocycles. The van der Waals surface area contributed by atoms with Crippen molar-refractivity contribution in [3.63, 3.8) is 0 Å². The first-order valence-electron chi connectivity index (χ1n) is 10.2. The molecular formula is C23H24FN3O2S2. The van der Waals surface area contributed by atoms with E-state index in [0.717, 1.165) is 33.5 Å². The zero-order chi connectivity index (χ0) is 21.8. The average Bonchev–Trinajstić information content (AvgIpc) is 3.36. The molecule has 1 aromatic heterocycles. The predicted octanol–water partition coefficient (Wildman–Crippen LogP) is 5.48. The summed E-state index contributed by atoms with van der Waals surface area (Å²) in [6, 6.07) is 12.8. The highest BCUT2D eigenvalue weighted by atomic mass is 32.2. The zero-order valence-corrected chi connectivity index (χ0v) is 19.1. The predicted molar refractivity (Wildman–Crippen MR) is 124 cm³/mol. The third-order valence-corrected chi connectivity index (χ3v) is 7.20. The molecule has 0 bridgehead atoms. The molecule has 1 aliphatic heterocycles. The number of cyclic esters (lactones) is 1.